The fourth-order valence-electron chi connectivity index (χ4n) is 1.77. The fourth-order valence-corrected chi connectivity index (χ4v) is 2.90. The molecule has 0 aromatic heterocycles. The van der Waals surface area contributed by atoms with Crippen molar-refractivity contribution in [3.8, 4) is 6.07 Å². The molecule has 5 nitrogen and oxygen atoms in total. The Balaban J connectivity index is 2.20. The maximum absolute atomic E-state index is 12.9. The van der Waals surface area contributed by atoms with Gasteiger partial charge < -0.3 is 5.73 Å². The summed E-state index contributed by atoms with van der Waals surface area (Å²) in [6, 6.07) is 11.6. The second-order valence-corrected chi connectivity index (χ2v) is 6.05. The van der Waals surface area contributed by atoms with Gasteiger partial charge in [-0.3, -0.25) is 0 Å². The first-order valence-electron chi connectivity index (χ1n) is 5.96. The molecule has 0 heterocycles. The molecule has 21 heavy (non-hydrogen) atoms. The van der Waals surface area contributed by atoms with E-state index in [2.05, 4.69) is 4.72 Å². The van der Waals surface area contributed by atoms with E-state index in [1.807, 2.05) is 6.07 Å². The predicted octanol–water partition coefficient (Wildman–Crippen LogP) is 1.76. The number of sulfonamides is 1. The third-order valence-corrected chi connectivity index (χ3v) is 4.26. The summed E-state index contributed by atoms with van der Waals surface area (Å²) >= 11 is 0. The van der Waals surface area contributed by atoms with Gasteiger partial charge in [-0.2, -0.15) is 5.26 Å². The zero-order valence-corrected chi connectivity index (χ0v) is 11.7. The molecule has 0 aliphatic heterocycles. The molecule has 2 aromatic carbocycles. The van der Waals surface area contributed by atoms with E-state index in [9.17, 15) is 12.8 Å². The van der Waals surface area contributed by atoms with Crippen molar-refractivity contribution < 1.29 is 12.8 Å². The third kappa shape index (κ3) is 3.56. The molecule has 0 radical (unpaired) electrons. The molecule has 0 atom stereocenters. The van der Waals surface area contributed by atoms with Crippen LogP contribution < -0.4 is 10.5 Å². The first-order chi connectivity index (χ1) is 9.92. The molecule has 0 spiro atoms. The normalized spacial score (nSPS) is 11.0. The Morgan fingerprint density at radius 3 is 2.67 bits per heavy atom. The van der Waals surface area contributed by atoms with Crippen molar-refractivity contribution in [1.29, 1.82) is 5.26 Å². The molecule has 0 saturated carbocycles. The van der Waals surface area contributed by atoms with Gasteiger partial charge in [-0.25, -0.2) is 17.5 Å². The van der Waals surface area contributed by atoms with Gasteiger partial charge in [0.25, 0.3) is 0 Å². The average molecular weight is 305 g/mol. The Hall–Kier alpha value is -2.43. The van der Waals surface area contributed by atoms with Crippen molar-refractivity contribution in [3.05, 3.63) is 59.4 Å². The summed E-state index contributed by atoms with van der Waals surface area (Å²) in [5.41, 5.74) is 6.44. The molecule has 7 heteroatoms. The van der Waals surface area contributed by atoms with Gasteiger partial charge in [0.2, 0.25) is 10.0 Å². The summed E-state index contributed by atoms with van der Waals surface area (Å²) in [6.45, 7) is 0.00860. The maximum atomic E-state index is 12.9. The van der Waals surface area contributed by atoms with Crippen LogP contribution in [0.5, 0.6) is 0 Å². The number of hydrogen-bond donors (Lipinski definition) is 2. The molecular formula is C14H12FN3O2S. The van der Waals surface area contributed by atoms with Crippen LogP contribution in [0.25, 0.3) is 0 Å². The van der Waals surface area contributed by atoms with Crippen LogP contribution in [0.2, 0.25) is 0 Å². The zero-order chi connectivity index (χ0) is 15.5. The van der Waals surface area contributed by atoms with E-state index in [1.54, 1.807) is 24.3 Å². The van der Waals surface area contributed by atoms with Crippen LogP contribution >= 0.6 is 0 Å². The van der Waals surface area contributed by atoms with E-state index in [0.29, 0.717) is 11.1 Å². The number of nitrogens with two attached hydrogens (primary N) is 1. The number of rotatable bonds is 4. The van der Waals surface area contributed by atoms with Crippen LogP contribution in [0.1, 0.15) is 11.1 Å². The molecular weight excluding hydrogens is 293 g/mol. The lowest BCUT2D eigenvalue weighted by Crippen LogP contribution is -2.24. The topological polar surface area (TPSA) is 96.0 Å². The molecule has 0 aliphatic rings. The van der Waals surface area contributed by atoms with Gasteiger partial charge in [0, 0.05) is 6.54 Å². The minimum atomic E-state index is -3.85. The summed E-state index contributed by atoms with van der Waals surface area (Å²) in [4.78, 5) is -0.180. The standard InChI is InChI=1S/C14H12FN3O2S/c15-12-4-5-14(13(17)7-12)21(19,20)18-9-11-3-1-2-10(6-11)8-16/h1-7,18H,9,17H2. The SMILES string of the molecule is N#Cc1cccc(CNS(=O)(=O)c2ccc(F)cc2N)c1. The van der Waals surface area contributed by atoms with Gasteiger partial charge in [-0.15, -0.1) is 0 Å². The number of nitrogen functional groups attached to an aromatic ring is 1. The minimum Gasteiger partial charge on any atom is -0.398 e. The lowest BCUT2D eigenvalue weighted by atomic mass is 10.1. The van der Waals surface area contributed by atoms with Gasteiger partial charge in [0.05, 0.1) is 17.3 Å². The summed E-state index contributed by atoms with van der Waals surface area (Å²) in [5, 5.41) is 8.79. The molecule has 0 fully saturated rings. The quantitative estimate of drug-likeness (QED) is 0.841. The van der Waals surface area contributed by atoms with E-state index in [4.69, 9.17) is 11.0 Å². The largest absolute Gasteiger partial charge is 0.398 e. The lowest BCUT2D eigenvalue weighted by Gasteiger charge is -2.09. The number of benzene rings is 2. The highest BCUT2D eigenvalue weighted by Gasteiger charge is 2.17. The minimum absolute atomic E-state index is 0.00860. The second kappa shape index (κ2) is 5.91. The Morgan fingerprint density at radius 2 is 2.00 bits per heavy atom. The van der Waals surface area contributed by atoms with Gasteiger partial charge in [-0.05, 0) is 35.9 Å². The van der Waals surface area contributed by atoms with E-state index in [1.165, 1.54) is 0 Å². The zero-order valence-electron chi connectivity index (χ0n) is 10.9. The average Bonchev–Trinajstić information content (AvgIpc) is 2.45. The number of nitrogens with one attached hydrogen (secondary N) is 1. The molecule has 0 bridgehead atoms. The first kappa shape index (κ1) is 15.0. The van der Waals surface area contributed by atoms with Crippen molar-refractivity contribution in [2.24, 2.45) is 0 Å². The fraction of sp³-hybridized carbons (Fsp3) is 0.0714. The number of nitriles is 1. The predicted molar refractivity (Wildman–Crippen MR) is 76.0 cm³/mol. The second-order valence-electron chi connectivity index (χ2n) is 4.32. The molecule has 0 amide bonds. The molecule has 2 aromatic rings. The molecule has 108 valence electrons. The van der Waals surface area contributed by atoms with E-state index >= 15 is 0 Å². The van der Waals surface area contributed by atoms with Crippen molar-refractivity contribution in [2.75, 3.05) is 5.73 Å². The highest BCUT2D eigenvalue weighted by atomic mass is 32.2. The van der Waals surface area contributed by atoms with Crippen molar-refractivity contribution in [1.82, 2.24) is 4.72 Å². The van der Waals surface area contributed by atoms with Crippen molar-refractivity contribution >= 4 is 15.7 Å². The summed E-state index contributed by atoms with van der Waals surface area (Å²) in [7, 11) is -3.85. The molecule has 0 aliphatic carbocycles. The van der Waals surface area contributed by atoms with Gasteiger partial charge in [0.15, 0.2) is 0 Å². The molecule has 0 unspecified atom stereocenters. The lowest BCUT2D eigenvalue weighted by molar-refractivity contribution is 0.581. The van der Waals surface area contributed by atoms with Gasteiger partial charge in [-0.1, -0.05) is 12.1 Å². The Bertz CT molecular complexity index is 813. The van der Waals surface area contributed by atoms with Crippen LogP contribution in [0.3, 0.4) is 0 Å². The highest BCUT2D eigenvalue weighted by Crippen LogP contribution is 2.19. The molecule has 2 rings (SSSR count). The van der Waals surface area contributed by atoms with Crippen molar-refractivity contribution in [2.45, 2.75) is 11.4 Å². The molecule has 3 N–H and O–H groups in total. The van der Waals surface area contributed by atoms with Gasteiger partial charge in [0.1, 0.15) is 10.7 Å². The van der Waals surface area contributed by atoms with Crippen molar-refractivity contribution in [3.63, 3.8) is 0 Å². The Morgan fingerprint density at radius 1 is 1.24 bits per heavy atom. The number of halogens is 1. The summed E-state index contributed by atoms with van der Waals surface area (Å²) in [5.74, 6) is -0.604. The smallest absolute Gasteiger partial charge is 0.242 e. The summed E-state index contributed by atoms with van der Waals surface area (Å²) in [6.07, 6.45) is 0. The maximum Gasteiger partial charge on any atom is 0.242 e. The first-order valence-corrected chi connectivity index (χ1v) is 7.44. The molecule has 0 saturated heterocycles. The number of hydrogen-bond acceptors (Lipinski definition) is 4. The van der Waals surface area contributed by atoms with Crippen LogP contribution in [0.4, 0.5) is 10.1 Å². The summed E-state index contributed by atoms with van der Waals surface area (Å²) < 4.78 is 39.5. The van der Waals surface area contributed by atoms with Crippen LogP contribution in [-0.4, -0.2) is 8.42 Å². The number of anilines is 1. The van der Waals surface area contributed by atoms with Gasteiger partial charge >= 0.3 is 0 Å². The monoisotopic (exact) mass is 305 g/mol. The number of nitrogens with zero attached hydrogens (tertiary/aromatic N) is 1. The highest BCUT2D eigenvalue weighted by molar-refractivity contribution is 7.89. The Labute approximate surface area is 121 Å². The van der Waals surface area contributed by atoms with Crippen LogP contribution in [0, 0.1) is 17.1 Å². The Kier molecular flexibility index (Phi) is 4.21. The van der Waals surface area contributed by atoms with E-state index < -0.39 is 15.8 Å². The third-order valence-electron chi connectivity index (χ3n) is 2.78. The van der Waals surface area contributed by atoms with Crippen LogP contribution in [0.15, 0.2) is 47.4 Å². The van der Waals surface area contributed by atoms with Crippen LogP contribution in [-0.2, 0) is 16.6 Å². The van der Waals surface area contributed by atoms with E-state index in [-0.39, 0.29) is 17.1 Å². The van der Waals surface area contributed by atoms with E-state index in [0.717, 1.165) is 18.2 Å².